The van der Waals surface area contributed by atoms with Gasteiger partial charge in [0.25, 0.3) is 5.91 Å². The lowest BCUT2D eigenvalue weighted by Crippen LogP contribution is -2.29. The normalized spacial score (nSPS) is 15.4. The second-order valence-electron chi connectivity index (χ2n) is 6.04. The molecule has 0 aliphatic carbocycles. The zero-order valence-electron chi connectivity index (χ0n) is 13.9. The summed E-state index contributed by atoms with van der Waals surface area (Å²) in [6.07, 6.45) is 2.28. The Bertz CT molecular complexity index is 727. The molecule has 2 amide bonds. The zero-order valence-corrected chi connectivity index (χ0v) is 13.9. The van der Waals surface area contributed by atoms with Crippen LogP contribution in [0, 0.1) is 0 Å². The van der Waals surface area contributed by atoms with Gasteiger partial charge in [0.2, 0.25) is 5.91 Å². The minimum absolute atomic E-state index is 0.0178. The predicted octanol–water partition coefficient (Wildman–Crippen LogP) is 3.69. The van der Waals surface area contributed by atoms with Crippen LogP contribution in [0.3, 0.4) is 0 Å². The molecule has 4 heteroatoms. The molecule has 0 spiro atoms. The number of anilines is 1. The van der Waals surface area contributed by atoms with Gasteiger partial charge in [-0.05, 0) is 36.6 Å². The predicted molar refractivity (Wildman–Crippen MR) is 95.0 cm³/mol. The van der Waals surface area contributed by atoms with Crippen molar-refractivity contribution < 1.29 is 9.59 Å². The van der Waals surface area contributed by atoms with Crippen molar-refractivity contribution in [3.8, 4) is 0 Å². The van der Waals surface area contributed by atoms with Crippen LogP contribution < -0.4 is 10.2 Å². The third-order valence-electron chi connectivity index (χ3n) is 4.41. The van der Waals surface area contributed by atoms with Crippen LogP contribution in [-0.2, 0) is 4.79 Å². The van der Waals surface area contributed by atoms with E-state index < -0.39 is 0 Å². The summed E-state index contributed by atoms with van der Waals surface area (Å²) >= 11 is 0. The highest BCUT2D eigenvalue weighted by atomic mass is 16.2. The van der Waals surface area contributed by atoms with Gasteiger partial charge in [-0.25, -0.2) is 0 Å². The van der Waals surface area contributed by atoms with Gasteiger partial charge in [-0.3, -0.25) is 9.59 Å². The van der Waals surface area contributed by atoms with Crippen LogP contribution in [0.15, 0.2) is 54.6 Å². The average molecular weight is 322 g/mol. The van der Waals surface area contributed by atoms with Gasteiger partial charge in [-0.1, -0.05) is 43.3 Å². The lowest BCUT2D eigenvalue weighted by atomic mass is 10.0. The first-order chi connectivity index (χ1) is 11.7. The minimum Gasteiger partial charge on any atom is -0.345 e. The molecule has 1 aliphatic heterocycles. The molecular weight excluding hydrogens is 300 g/mol. The number of carbonyl (C=O) groups is 2. The first-order valence-corrected chi connectivity index (χ1v) is 8.45. The molecule has 2 aromatic rings. The fourth-order valence-electron chi connectivity index (χ4n) is 3.08. The van der Waals surface area contributed by atoms with Crippen LogP contribution in [0.5, 0.6) is 0 Å². The maximum atomic E-state index is 12.6. The van der Waals surface area contributed by atoms with Crippen LogP contribution in [-0.4, -0.2) is 18.4 Å². The standard InChI is InChI=1S/C20H22N2O2/c1-2-18(15-8-4-3-5-9-15)21-20(24)16-10-6-11-17(14-16)22-13-7-12-19(22)23/h3-6,8-11,14,18H,2,7,12-13H2,1H3,(H,21,24). The Balaban J connectivity index is 1.76. The van der Waals surface area contributed by atoms with Crippen molar-refractivity contribution >= 4 is 17.5 Å². The quantitative estimate of drug-likeness (QED) is 0.912. The number of amides is 2. The Morgan fingerprint density at radius 3 is 2.62 bits per heavy atom. The summed E-state index contributed by atoms with van der Waals surface area (Å²) < 4.78 is 0. The van der Waals surface area contributed by atoms with Gasteiger partial charge in [0.05, 0.1) is 6.04 Å². The molecule has 0 saturated carbocycles. The van der Waals surface area contributed by atoms with E-state index in [1.165, 1.54) is 0 Å². The average Bonchev–Trinajstić information content (AvgIpc) is 3.06. The summed E-state index contributed by atoms with van der Waals surface area (Å²) in [5.74, 6) is 0.0162. The summed E-state index contributed by atoms with van der Waals surface area (Å²) in [4.78, 5) is 26.3. The monoisotopic (exact) mass is 322 g/mol. The molecule has 1 saturated heterocycles. The smallest absolute Gasteiger partial charge is 0.251 e. The van der Waals surface area contributed by atoms with Gasteiger partial charge in [0.15, 0.2) is 0 Å². The van der Waals surface area contributed by atoms with Crippen LogP contribution in [0.25, 0.3) is 0 Å². The van der Waals surface area contributed by atoms with Gasteiger partial charge >= 0.3 is 0 Å². The molecule has 1 N–H and O–H groups in total. The van der Waals surface area contributed by atoms with E-state index in [0.29, 0.717) is 12.0 Å². The highest BCUT2D eigenvalue weighted by Gasteiger charge is 2.22. The first kappa shape index (κ1) is 16.2. The number of rotatable bonds is 5. The Kier molecular flexibility index (Phi) is 4.94. The molecule has 0 radical (unpaired) electrons. The van der Waals surface area contributed by atoms with Crippen LogP contribution in [0.1, 0.15) is 48.1 Å². The third kappa shape index (κ3) is 3.48. The second-order valence-corrected chi connectivity index (χ2v) is 6.04. The van der Waals surface area contributed by atoms with Crippen molar-refractivity contribution in [1.82, 2.24) is 5.32 Å². The molecule has 1 atom stereocenters. The molecule has 3 rings (SSSR count). The van der Waals surface area contributed by atoms with Crippen molar-refractivity contribution in [2.45, 2.75) is 32.2 Å². The summed E-state index contributed by atoms with van der Waals surface area (Å²) in [5.41, 5.74) is 2.48. The molecular formula is C20H22N2O2. The highest BCUT2D eigenvalue weighted by Crippen LogP contribution is 2.23. The van der Waals surface area contributed by atoms with E-state index >= 15 is 0 Å². The molecule has 1 aliphatic rings. The Hall–Kier alpha value is -2.62. The Morgan fingerprint density at radius 1 is 1.17 bits per heavy atom. The minimum atomic E-state index is -0.112. The van der Waals surface area contributed by atoms with E-state index in [-0.39, 0.29) is 17.9 Å². The second kappa shape index (κ2) is 7.30. The summed E-state index contributed by atoms with van der Waals surface area (Å²) in [6.45, 7) is 2.78. The van der Waals surface area contributed by atoms with Gasteiger partial charge in [0, 0.05) is 24.2 Å². The largest absolute Gasteiger partial charge is 0.345 e. The van der Waals surface area contributed by atoms with Crippen molar-refractivity contribution in [3.05, 3.63) is 65.7 Å². The third-order valence-corrected chi connectivity index (χ3v) is 4.41. The van der Waals surface area contributed by atoms with Gasteiger partial charge in [-0.15, -0.1) is 0 Å². The maximum absolute atomic E-state index is 12.6. The van der Waals surface area contributed by atoms with Crippen LogP contribution in [0.4, 0.5) is 5.69 Å². The topological polar surface area (TPSA) is 49.4 Å². The van der Waals surface area contributed by atoms with Gasteiger partial charge < -0.3 is 10.2 Å². The van der Waals surface area contributed by atoms with Crippen LogP contribution in [0.2, 0.25) is 0 Å². The molecule has 24 heavy (non-hydrogen) atoms. The molecule has 1 heterocycles. The van der Waals surface area contributed by atoms with Crippen molar-refractivity contribution in [2.75, 3.05) is 11.4 Å². The molecule has 4 nitrogen and oxygen atoms in total. The number of carbonyl (C=O) groups excluding carboxylic acids is 2. The summed E-state index contributed by atoms with van der Waals surface area (Å²) in [5, 5.41) is 3.09. The molecule has 2 aromatic carbocycles. The van der Waals surface area contributed by atoms with Crippen molar-refractivity contribution in [2.24, 2.45) is 0 Å². The van der Waals surface area contributed by atoms with E-state index in [2.05, 4.69) is 12.2 Å². The SMILES string of the molecule is CCC(NC(=O)c1cccc(N2CCCC2=O)c1)c1ccccc1. The van der Waals surface area contributed by atoms with E-state index in [9.17, 15) is 9.59 Å². The number of nitrogens with one attached hydrogen (secondary N) is 1. The van der Waals surface area contributed by atoms with Crippen molar-refractivity contribution in [3.63, 3.8) is 0 Å². The summed E-state index contributed by atoms with van der Waals surface area (Å²) in [6, 6.07) is 17.3. The molecule has 0 bridgehead atoms. The van der Waals surface area contributed by atoms with Crippen LogP contribution >= 0.6 is 0 Å². The fourth-order valence-corrected chi connectivity index (χ4v) is 3.08. The number of nitrogens with zero attached hydrogens (tertiary/aromatic N) is 1. The zero-order chi connectivity index (χ0) is 16.9. The van der Waals surface area contributed by atoms with Gasteiger partial charge in [0.1, 0.15) is 0 Å². The van der Waals surface area contributed by atoms with E-state index in [1.54, 1.807) is 17.0 Å². The maximum Gasteiger partial charge on any atom is 0.251 e. The fraction of sp³-hybridized carbons (Fsp3) is 0.300. The summed E-state index contributed by atoms with van der Waals surface area (Å²) in [7, 11) is 0. The van der Waals surface area contributed by atoms with Crippen molar-refractivity contribution in [1.29, 1.82) is 0 Å². The molecule has 1 unspecified atom stereocenters. The van der Waals surface area contributed by atoms with E-state index in [0.717, 1.165) is 30.6 Å². The highest BCUT2D eigenvalue weighted by molar-refractivity contribution is 5.99. The molecule has 0 aromatic heterocycles. The van der Waals surface area contributed by atoms with E-state index in [1.807, 2.05) is 42.5 Å². The Labute approximate surface area is 142 Å². The molecule has 124 valence electrons. The number of hydrogen-bond donors (Lipinski definition) is 1. The number of hydrogen-bond acceptors (Lipinski definition) is 2. The lowest BCUT2D eigenvalue weighted by molar-refractivity contribution is -0.117. The first-order valence-electron chi connectivity index (χ1n) is 8.45. The lowest BCUT2D eigenvalue weighted by Gasteiger charge is -2.19. The van der Waals surface area contributed by atoms with E-state index in [4.69, 9.17) is 0 Å². The molecule has 1 fully saturated rings. The number of benzene rings is 2. The van der Waals surface area contributed by atoms with Gasteiger partial charge in [-0.2, -0.15) is 0 Å². The Morgan fingerprint density at radius 2 is 1.96 bits per heavy atom.